The van der Waals surface area contributed by atoms with Gasteiger partial charge in [-0.05, 0) is 62.4 Å². The maximum Gasteiger partial charge on any atom is 0.0679 e. The second-order valence-corrected chi connectivity index (χ2v) is 5.70. The number of aliphatic hydroxyl groups excluding tert-OH is 1. The molecule has 1 aliphatic carbocycles. The molecular weight excluding hydrogens is 236 g/mol. The van der Waals surface area contributed by atoms with Gasteiger partial charge < -0.3 is 15.7 Å². The van der Waals surface area contributed by atoms with Crippen LogP contribution in [0.3, 0.4) is 0 Å². The molecule has 3 nitrogen and oxygen atoms in total. The van der Waals surface area contributed by atoms with Gasteiger partial charge in [0, 0.05) is 13.1 Å². The first kappa shape index (κ1) is 14.5. The number of aliphatic hydroxyl groups is 1. The summed E-state index contributed by atoms with van der Waals surface area (Å²) in [5.74, 6) is 0. The molecule has 0 bridgehead atoms. The number of hydrogen-bond acceptors (Lipinski definition) is 3. The monoisotopic (exact) mass is 262 g/mol. The van der Waals surface area contributed by atoms with Gasteiger partial charge in [0.25, 0.3) is 0 Å². The molecule has 1 aliphatic rings. The summed E-state index contributed by atoms with van der Waals surface area (Å²) in [6.07, 6.45) is 5.25. The minimum Gasteiger partial charge on any atom is -0.392 e. The highest BCUT2D eigenvalue weighted by Crippen LogP contribution is 2.23. The van der Waals surface area contributed by atoms with E-state index in [0.29, 0.717) is 19.5 Å². The van der Waals surface area contributed by atoms with Crippen LogP contribution in [0.25, 0.3) is 0 Å². The molecule has 1 unspecified atom stereocenters. The number of hydrogen-bond donors (Lipinski definition) is 2. The number of aryl methyl sites for hydroxylation is 2. The highest BCUT2D eigenvalue weighted by atomic mass is 16.3. The molecule has 0 heterocycles. The van der Waals surface area contributed by atoms with Crippen LogP contribution >= 0.6 is 0 Å². The van der Waals surface area contributed by atoms with Gasteiger partial charge >= 0.3 is 0 Å². The van der Waals surface area contributed by atoms with E-state index in [1.54, 1.807) is 5.56 Å². The fourth-order valence-electron chi connectivity index (χ4n) is 2.84. The van der Waals surface area contributed by atoms with Gasteiger partial charge in [-0.2, -0.15) is 0 Å². The van der Waals surface area contributed by atoms with Gasteiger partial charge in [-0.15, -0.1) is 0 Å². The first-order valence-electron chi connectivity index (χ1n) is 7.36. The van der Waals surface area contributed by atoms with Crippen LogP contribution in [-0.4, -0.2) is 42.8 Å². The molecule has 0 radical (unpaired) electrons. The highest BCUT2D eigenvalue weighted by Gasteiger charge is 2.11. The minimum atomic E-state index is -0.296. The zero-order valence-electron chi connectivity index (χ0n) is 11.9. The van der Waals surface area contributed by atoms with Crippen LogP contribution in [0.4, 0.5) is 0 Å². The lowest BCUT2D eigenvalue weighted by Gasteiger charge is -2.20. The van der Waals surface area contributed by atoms with Crippen LogP contribution in [0.2, 0.25) is 0 Å². The molecule has 0 aromatic heterocycles. The molecule has 3 N–H and O–H groups in total. The van der Waals surface area contributed by atoms with Gasteiger partial charge in [0.15, 0.2) is 0 Å². The number of rotatable bonds is 7. The quantitative estimate of drug-likeness (QED) is 0.780. The van der Waals surface area contributed by atoms with E-state index in [-0.39, 0.29) is 6.10 Å². The second-order valence-electron chi connectivity index (χ2n) is 5.70. The maximum absolute atomic E-state index is 9.72. The third-order valence-corrected chi connectivity index (χ3v) is 3.97. The van der Waals surface area contributed by atoms with Crippen molar-refractivity contribution in [2.75, 3.05) is 26.7 Å². The van der Waals surface area contributed by atoms with Crippen molar-refractivity contribution in [1.82, 2.24) is 4.90 Å². The highest BCUT2D eigenvalue weighted by molar-refractivity contribution is 5.35. The van der Waals surface area contributed by atoms with Gasteiger partial charge in [-0.3, -0.25) is 0 Å². The molecule has 1 atom stereocenters. The van der Waals surface area contributed by atoms with Crippen molar-refractivity contribution in [2.24, 2.45) is 5.73 Å². The van der Waals surface area contributed by atoms with Crippen LogP contribution in [0.1, 0.15) is 29.5 Å². The molecule has 106 valence electrons. The van der Waals surface area contributed by atoms with Crippen molar-refractivity contribution >= 4 is 0 Å². The predicted molar refractivity (Wildman–Crippen MR) is 79.3 cm³/mol. The van der Waals surface area contributed by atoms with E-state index in [0.717, 1.165) is 13.0 Å². The van der Waals surface area contributed by atoms with Gasteiger partial charge in [-0.1, -0.05) is 18.2 Å². The van der Waals surface area contributed by atoms with E-state index in [2.05, 4.69) is 30.1 Å². The molecule has 19 heavy (non-hydrogen) atoms. The van der Waals surface area contributed by atoms with Crippen LogP contribution < -0.4 is 5.73 Å². The molecular formula is C16H26N2O. The molecule has 0 fully saturated rings. The van der Waals surface area contributed by atoms with Gasteiger partial charge in [0.1, 0.15) is 0 Å². The van der Waals surface area contributed by atoms with Crippen LogP contribution in [-0.2, 0) is 19.3 Å². The van der Waals surface area contributed by atoms with Gasteiger partial charge in [0.2, 0.25) is 0 Å². The molecule has 3 heteroatoms. The first-order chi connectivity index (χ1) is 9.19. The fourth-order valence-corrected chi connectivity index (χ4v) is 2.84. The topological polar surface area (TPSA) is 49.5 Å². The largest absolute Gasteiger partial charge is 0.392 e. The van der Waals surface area contributed by atoms with Crippen molar-refractivity contribution in [3.63, 3.8) is 0 Å². The summed E-state index contributed by atoms with van der Waals surface area (Å²) < 4.78 is 0. The Hall–Kier alpha value is -0.900. The number of nitrogens with two attached hydrogens (primary N) is 1. The van der Waals surface area contributed by atoms with E-state index in [4.69, 9.17) is 5.73 Å². The molecule has 0 spiro atoms. The van der Waals surface area contributed by atoms with E-state index < -0.39 is 0 Å². The van der Waals surface area contributed by atoms with Crippen LogP contribution in [0.5, 0.6) is 0 Å². The Morgan fingerprint density at radius 3 is 2.89 bits per heavy atom. The summed E-state index contributed by atoms with van der Waals surface area (Å²) in [4.78, 5) is 2.19. The maximum atomic E-state index is 9.72. The Balaban J connectivity index is 1.78. The van der Waals surface area contributed by atoms with Crippen molar-refractivity contribution in [3.05, 3.63) is 34.9 Å². The lowest BCUT2D eigenvalue weighted by molar-refractivity contribution is 0.120. The summed E-state index contributed by atoms with van der Waals surface area (Å²) >= 11 is 0. The van der Waals surface area contributed by atoms with Gasteiger partial charge in [0.05, 0.1) is 6.10 Å². The van der Waals surface area contributed by atoms with Crippen molar-refractivity contribution in [3.8, 4) is 0 Å². The summed E-state index contributed by atoms with van der Waals surface area (Å²) in [7, 11) is 2.06. The Labute approximate surface area is 116 Å². The Morgan fingerprint density at radius 1 is 1.32 bits per heavy atom. The molecule has 0 saturated carbocycles. The molecule has 2 rings (SSSR count). The number of fused-ring (bicyclic) bond motifs is 1. The SMILES string of the molecule is CN(CCc1ccc2c(c1)CCC2)CC(O)CCN. The normalized spacial score (nSPS) is 15.8. The number of likely N-dealkylation sites (N-methyl/N-ethyl adjacent to an activating group) is 1. The van der Waals surface area contributed by atoms with Crippen LogP contribution in [0, 0.1) is 0 Å². The van der Waals surface area contributed by atoms with E-state index in [1.165, 1.54) is 30.4 Å². The van der Waals surface area contributed by atoms with E-state index in [9.17, 15) is 5.11 Å². The summed E-state index contributed by atoms with van der Waals surface area (Å²) in [5.41, 5.74) is 9.94. The van der Waals surface area contributed by atoms with Crippen LogP contribution in [0.15, 0.2) is 18.2 Å². The summed E-state index contributed by atoms with van der Waals surface area (Å²) in [5, 5.41) is 9.72. The molecule has 1 aromatic carbocycles. The van der Waals surface area contributed by atoms with Gasteiger partial charge in [-0.25, -0.2) is 0 Å². The average molecular weight is 262 g/mol. The van der Waals surface area contributed by atoms with Crippen molar-refractivity contribution in [2.45, 2.75) is 38.2 Å². The predicted octanol–water partition coefficient (Wildman–Crippen LogP) is 1.36. The number of benzene rings is 1. The lowest BCUT2D eigenvalue weighted by Crippen LogP contribution is -2.32. The summed E-state index contributed by atoms with van der Waals surface area (Å²) in [6, 6.07) is 6.92. The zero-order chi connectivity index (χ0) is 13.7. The molecule has 0 saturated heterocycles. The van der Waals surface area contributed by atoms with Crippen molar-refractivity contribution < 1.29 is 5.11 Å². The van der Waals surface area contributed by atoms with Crippen molar-refractivity contribution in [1.29, 1.82) is 0 Å². The third kappa shape index (κ3) is 4.30. The Kier molecular flexibility index (Phi) is 5.37. The number of nitrogens with zero attached hydrogens (tertiary/aromatic N) is 1. The lowest BCUT2D eigenvalue weighted by atomic mass is 10.0. The third-order valence-electron chi connectivity index (χ3n) is 3.97. The second kappa shape index (κ2) is 7.04. The van der Waals surface area contributed by atoms with E-state index >= 15 is 0 Å². The van der Waals surface area contributed by atoms with E-state index in [1.807, 2.05) is 0 Å². The zero-order valence-corrected chi connectivity index (χ0v) is 11.9. The first-order valence-corrected chi connectivity index (χ1v) is 7.36. The average Bonchev–Trinajstić information content (AvgIpc) is 2.83. The smallest absolute Gasteiger partial charge is 0.0679 e. The molecule has 0 amide bonds. The molecule has 0 aliphatic heterocycles. The fraction of sp³-hybridized carbons (Fsp3) is 0.625. The standard InChI is InChI=1S/C16H26N2O/c1-18(12-16(19)7-9-17)10-8-13-5-6-14-3-2-4-15(14)11-13/h5-6,11,16,19H,2-4,7-10,12,17H2,1H3. The summed E-state index contributed by atoms with van der Waals surface area (Å²) in [6.45, 7) is 2.25. The Morgan fingerprint density at radius 2 is 2.11 bits per heavy atom. The Bertz CT molecular complexity index is 406. The molecule has 1 aromatic rings. The minimum absolute atomic E-state index is 0.296.